The monoisotopic (exact) mass is 508 g/mol. The Balaban J connectivity index is 1.44. The highest BCUT2D eigenvalue weighted by Gasteiger charge is 2.34. The second kappa shape index (κ2) is 9.63. The van der Waals surface area contributed by atoms with Gasteiger partial charge >= 0.3 is 5.97 Å². The first-order valence-corrected chi connectivity index (χ1v) is 13.6. The molecule has 1 aliphatic carbocycles. The standard InChI is InChI=1S/C35H28N2O2/c1-2-39-35(38)34-26-10-6-4-8-24(26)21-32(37-34)31-16-14-29-28-12-11-22-7-3-5-9-25(22)27(28)13-15-30(29)33(31)23-17-19-36-20-18-23/h3-13,15,17-21,31,33H,2,14,16H2,1H3. The van der Waals surface area contributed by atoms with Crippen LogP contribution in [0.3, 0.4) is 0 Å². The van der Waals surface area contributed by atoms with Crippen molar-refractivity contribution in [1.29, 1.82) is 0 Å². The first-order valence-electron chi connectivity index (χ1n) is 13.6. The third kappa shape index (κ3) is 3.95. The molecule has 0 fully saturated rings. The summed E-state index contributed by atoms with van der Waals surface area (Å²) in [4.78, 5) is 22.3. The zero-order valence-electron chi connectivity index (χ0n) is 21.8. The van der Waals surface area contributed by atoms with E-state index in [2.05, 4.69) is 77.8 Å². The van der Waals surface area contributed by atoms with Gasteiger partial charge in [0.05, 0.1) is 6.61 Å². The summed E-state index contributed by atoms with van der Waals surface area (Å²) in [6.07, 6.45) is 5.61. The minimum atomic E-state index is -0.370. The summed E-state index contributed by atoms with van der Waals surface area (Å²) < 4.78 is 5.42. The quantitative estimate of drug-likeness (QED) is 0.179. The van der Waals surface area contributed by atoms with Gasteiger partial charge in [-0.25, -0.2) is 9.78 Å². The summed E-state index contributed by atoms with van der Waals surface area (Å²) in [6, 6.07) is 32.1. The zero-order chi connectivity index (χ0) is 26.3. The van der Waals surface area contributed by atoms with E-state index in [-0.39, 0.29) is 17.8 Å². The normalized spacial score (nSPS) is 16.8. The third-order valence-corrected chi connectivity index (χ3v) is 8.19. The van der Waals surface area contributed by atoms with E-state index < -0.39 is 0 Å². The van der Waals surface area contributed by atoms with Crippen molar-refractivity contribution in [2.75, 3.05) is 6.61 Å². The molecule has 6 aromatic rings. The molecule has 7 rings (SSSR count). The average Bonchev–Trinajstić information content (AvgIpc) is 3.00. The van der Waals surface area contributed by atoms with Crippen molar-refractivity contribution in [1.82, 2.24) is 9.97 Å². The molecule has 0 saturated carbocycles. The molecule has 0 aliphatic heterocycles. The lowest BCUT2D eigenvalue weighted by molar-refractivity contribution is 0.0521. The van der Waals surface area contributed by atoms with Crippen LogP contribution in [0.4, 0.5) is 0 Å². The van der Waals surface area contributed by atoms with Crippen LogP contribution >= 0.6 is 0 Å². The molecule has 4 heteroatoms. The Kier molecular flexibility index (Phi) is 5.81. The Bertz CT molecular complexity index is 1860. The van der Waals surface area contributed by atoms with Crippen molar-refractivity contribution in [3.8, 4) is 0 Å². The number of rotatable bonds is 4. The number of carbonyl (C=O) groups excluding carboxylic acids is 1. The summed E-state index contributed by atoms with van der Waals surface area (Å²) in [5, 5.41) is 7.01. The molecule has 2 aromatic heterocycles. The SMILES string of the molecule is CCOC(=O)c1nc(C2CCc3c(ccc4c3ccc3ccccc34)C2c2ccncc2)cc2ccccc12. The Morgan fingerprint density at radius 3 is 2.38 bits per heavy atom. The number of hydrogen-bond donors (Lipinski definition) is 0. The number of benzene rings is 4. The van der Waals surface area contributed by atoms with E-state index in [9.17, 15) is 4.79 Å². The number of aryl methyl sites for hydroxylation is 1. The zero-order valence-corrected chi connectivity index (χ0v) is 21.8. The molecule has 0 radical (unpaired) electrons. The van der Waals surface area contributed by atoms with Gasteiger partial charge in [0.15, 0.2) is 5.69 Å². The van der Waals surface area contributed by atoms with Crippen LogP contribution < -0.4 is 0 Å². The molecular formula is C35H28N2O2. The molecule has 190 valence electrons. The number of nitrogens with zero attached hydrogens (tertiary/aromatic N) is 2. The summed E-state index contributed by atoms with van der Waals surface area (Å²) in [5.41, 5.74) is 5.27. The molecule has 0 spiro atoms. The van der Waals surface area contributed by atoms with Crippen molar-refractivity contribution in [2.45, 2.75) is 31.6 Å². The van der Waals surface area contributed by atoms with Gasteiger partial charge in [-0.1, -0.05) is 72.8 Å². The van der Waals surface area contributed by atoms with Crippen LogP contribution in [0.25, 0.3) is 32.3 Å². The molecule has 2 heterocycles. The van der Waals surface area contributed by atoms with E-state index in [0.717, 1.165) is 29.3 Å². The highest BCUT2D eigenvalue weighted by Crippen LogP contribution is 2.48. The van der Waals surface area contributed by atoms with Gasteiger partial charge in [0, 0.05) is 35.3 Å². The molecule has 0 bridgehead atoms. The van der Waals surface area contributed by atoms with Crippen LogP contribution in [0.2, 0.25) is 0 Å². The second-order valence-corrected chi connectivity index (χ2v) is 10.3. The molecule has 39 heavy (non-hydrogen) atoms. The number of aromatic nitrogens is 2. The Morgan fingerprint density at radius 2 is 1.56 bits per heavy atom. The minimum absolute atomic E-state index is 0.0938. The maximum absolute atomic E-state index is 13.0. The van der Waals surface area contributed by atoms with E-state index in [1.54, 1.807) is 0 Å². The number of carbonyl (C=O) groups is 1. The van der Waals surface area contributed by atoms with Crippen molar-refractivity contribution >= 4 is 38.3 Å². The molecule has 0 N–H and O–H groups in total. The fraction of sp³-hybridized carbons (Fsp3) is 0.171. The average molecular weight is 509 g/mol. The summed E-state index contributed by atoms with van der Waals surface area (Å²) in [7, 11) is 0. The van der Waals surface area contributed by atoms with Crippen LogP contribution in [-0.4, -0.2) is 22.5 Å². The molecule has 4 aromatic carbocycles. The first kappa shape index (κ1) is 23.5. The van der Waals surface area contributed by atoms with Crippen LogP contribution in [0.1, 0.15) is 58.1 Å². The lowest BCUT2D eigenvalue weighted by Crippen LogP contribution is -2.22. The van der Waals surface area contributed by atoms with E-state index in [4.69, 9.17) is 9.72 Å². The Hall–Kier alpha value is -4.57. The van der Waals surface area contributed by atoms with Gasteiger partial charge in [-0.15, -0.1) is 0 Å². The van der Waals surface area contributed by atoms with Gasteiger partial charge in [-0.05, 0) is 81.6 Å². The van der Waals surface area contributed by atoms with Gasteiger partial charge in [-0.2, -0.15) is 0 Å². The lowest BCUT2D eigenvalue weighted by atomic mass is 9.69. The summed E-state index contributed by atoms with van der Waals surface area (Å²) >= 11 is 0. The molecular weight excluding hydrogens is 480 g/mol. The molecule has 1 aliphatic rings. The number of hydrogen-bond acceptors (Lipinski definition) is 4. The summed E-state index contributed by atoms with van der Waals surface area (Å²) in [5.74, 6) is -0.169. The van der Waals surface area contributed by atoms with Gasteiger partial charge in [0.25, 0.3) is 0 Å². The van der Waals surface area contributed by atoms with Gasteiger partial charge in [0.2, 0.25) is 0 Å². The Labute approximate surface area is 227 Å². The van der Waals surface area contributed by atoms with E-state index in [0.29, 0.717) is 12.3 Å². The highest BCUT2D eigenvalue weighted by atomic mass is 16.5. The molecule has 0 saturated heterocycles. The van der Waals surface area contributed by atoms with Crippen LogP contribution in [-0.2, 0) is 11.2 Å². The Morgan fingerprint density at radius 1 is 0.821 bits per heavy atom. The van der Waals surface area contributed by atoms with Crippen molar-refractivity contribution in [3.63, 3.8) is 0 Å². The molecule has 4 nitrogen and oxygen atoms in total. The molecule has 2 atom stereocenters. The first-order chi connectivity index (χ1) is 19.2. The largest absolute Gasteiger partial charge is 0.461 e. The van der Waals surface area contributed by atoms with Gasteiger partial charge in [0.1, 0.15) is 0 Å². The topological polar surface area (TPSA) is 52.1 Å². The van der Waals surface area contributed by atoms with Crippen molar-refractivity contribution in [3.05, 3.63) is 131 Å². The van der Waals surface area contributed by atoms with E-state index in [1.165, 1.54) is 38.2 Å². The predicted octanol–water partition coefficient (Wildman–Crippen LogP) is 7.97. The number of esters is 1. The van der Waals surface area contributed by atoms with Crippen LogP contribution in [0.5, 0.6) is 0 Å². The summed E-state index contributed by atoms with van der Waals surface area (Å²) in [6.45, 7) is 2.15. The van der Waals surface area contributed by atoms with Gasteiger partial charge in [-0.3, -0.25) is 4.98 Å². The van der Waals surface area contributed by atoms with E-state index >= 15 is 0 Å². The maximum Gasteiger partial charge on any atom is 0.357 e. The van der Waals surface area contributed by atoms with Crippen LogP contribution in [0.15, 0.2) is 103 Å². The van der Waals surface area contributed by atoms with Crippen molar-refractivity contribution < 1.29 is 9.53 Å². The van der Waals surface area contributed by atoms with Crippen molar-refractivity contribution in [2.24, 2.45) is 0 Å². The smallest absolute Gasteiger partial charge is 0.357 e. The number of fused-ring (bicyclic) bond motifs is 6. The maximum atomic E-state index is 13.0. The minimum Gasteiger partial charge on any atom is -0.461 e. The predicted molar refractivity (Wildman–Crippen MR) is 156 cm³/mol. The fourth-order valence-electron chi connectivity index (χ4n) is 6.49. The second-order valence-electron chi connectivity index (χ2n) is 10.3. The third-order valence-electron chi connectivity index (χ3n) is 8.19. The fourth-order valence-corrected chi connectivity index (χ4v) is 6.49. The molecule has 0 amide bonds. The number of pyridine rings is 2. The number of ether oxygens (including phenoxy) is 1. The molecule has 2 unspecified atom stereocenters. The lowest BCUT2D eigenvalue weighted by Gasteiger charge is -2.35. The van der Waals surface area contributed by atoms with Gasteiger partial charge < -0.3 is 4.74 Å². The highest BCUT2D eigenvalue weighted by molar-refractivity contribution is 6.09. The van der Waals surface area contributed by atoms with E-state index in [1.807, 2.05) is 37.5 Å². The van der Waals surface area contributed by atoms with Crippen LogP contribution in [0, 0.1) is 0 Å².